The minimum absolute atomic E-state index is 0.132. The molecule has 3 saturated heterocycles. The van der Waals surface area contributed by atoms with Gasteiger partial charge in [-0.15, -0.1) is 0 Å². The molecule has 1 unspecified atom stereocenters. The Hall–Kier alpha value is -2.38. The lowest BCUT2D eigenvalue weighted by atomic mass is 9.77. The number of likely N-dealkylation sites (tertiary alicyclic amines) is 2. The monoisotopic (exact) mass is 452 g/mol. The van der Waals surface area contributed by atoms with Crippen LogP contribution in [0.1, 0.15) is 42.5 Å². The number of para-hydroxylation sites is 1. The maximum atomic E-state index is 13.4. The number of thiocarbonyl (C=S) groups is 1. The third-order valence-corrected chi connectivity index (χ3v) is 7.76. The standard InChI is InChI=1S/C25H32N4O2S/c30-23(21-7-1-2-8-22(21)27-12-3-4-13-27)28-14-9-25(10-15-28)11-16-29(19-25)24(32)26-18-20-6-5-17-31-20/h1-4,7-8,12-13,20H,5-6,9-11,14-19H2,(H,26,32). The number of ether oxygens (including phenoxy) is 1. The van der Waals surface area contributed by atoms with E-state index >= 15 is 0 Å². The van der Waals surface area contributed by atoms with Crippen LogP contribution in [0, 0.1) is 5.41 Å². The van der Waals surface area contributed by atoms with Gasteiger partial charge in [0.2, 0.25) is 0 Å². The van der Waals surface area contributed by atoms with Crippen molar-refractivity contribution in [3.63, 3.8) is 0 Å². The number of nitrogens with zero attached hydrogens (tertiary/aromatic N) is 3. The van der Waals surface area contributed by atoms with Crippen LogP contribution < -0.4 is 5.32 Å². The number of amides is 1. The van der Waals surface area contributed by atoms with Crippen molar-refractivity contribution in [1.29, 1.82) is 0 Å². The maximum absolute atomic E-state index is 13.4. The molecule has 3 aliphatic rings. The Morgan fingerprint density at radius 3 is 2.50 bits per heavy atom. The Kier molecular flexibility index (Phi) is 6.20. The van der Waals surface area contributed by atoms with Crippen LogP contribution in [0.2, 0.25) is 0 Å². The van der Waals surface area contributed by atoms with Crippen molar-refractivity contribution in [2.45, 2.75) is 38.2 Å². The molecule has 1 aromatic carbocycles. The van der Waals surface area contributed by atoms with Gasteiger partial charge in [-0.1, -0.05) is 12.1 Å². The first-order chi connectivity index (χ1) is 15.6. The van der Waals surface area contributed by atoms with Gasteiger partial charge in [-0.3, -0.25) is 4.79 Å². The number of hydrogen-bond acceptors (Lipinski definition) is 3. The molecule has 6 nitrogen and oxygen atoms in total. The summed E-state index contributed by atoms with van der Waals surface area (Å²) in [4.78, 5) is 17.7. The van der Waals surface area contributed by atoms with E-state index in [-0.39, 0.29) is 11.3 Å². The lowest BCUT2D eigenvalue weighted by molar-refractivity contribution is 0.0598. The topological polar surface area (TPSA) is 49.7 Å². The third kappa shape index (κ3) is 4.41. The largest absolute Gasteiger partial charge is 0.376 e. The van der Waals surface area contributed by atoms with Crippen molar-refractivity contribution in [1.82, 2.24) is 19.7 Å². The number of rotatable bonds is 4. The molecule has 5 rings (SSSR count). The number of carbonyl (C=O) groups excluding carboxylic acids is 1. The van der Waals surface area contributed by atoms with Gasteiger partial charge in [0.25, 0.3) is 5.91 Å². The maximum Gasteiger partial charge on any atom is 0.255 e. The molecule has 3 fully saturated rings. The number of nitrogens with one attached hydrogen (secondary N) is 1. The lowest BCUT2D eigenvalue weighted by Crippen LogP contribution is -2.46. The molecule has 0 radical (unpaired) electrons. The molecule has 1 spiro atoms. The van der Waals surface area contributed by atoms with Gasteiger partial charge in [-0.2, -0.15) is 0 Å². The summed E-state index contributed by atoms with van der Waals surface area (Å²) < 4.78 is 7.71. The highest BCUT2D eigenvalue weighted by atomic mass is 32.1. The van der Waals surface area contributed by atoms with Crippen molar-refractivity contribution < 1.29 is 9.53 Å². The van der Waals surface area contributed by atoms with Crippen LogP contribution in [0.4, 0.5) is 0 Å². The van der Waals surface area contributed by atoms with Crippen molar-refractivity contribution in [2.24, 2.45) is 5.41 Å². The fourth-order valence-electron chi connectivity index (χ4n) is 5.36. The molecule has 32 heavy (non-hydrogen) atoms. The van der Waals surface area contributed by atoms with Crippen molar-refractivity contribution >= 4 is 23.2 Å². The molecule has 3 aliphatic heterocycles. The summed E-state index contributed by atoms with van der Waals surface area (Å²) in [5, 5.41) is 4.28. The van der Waals surface area contributed by atoms with Gasteiger partial charge in [0.1, 0.15) is 0 Å². The Balaban J connectivity index is 1.17. The van der Waals surface area contributed by atoms with E-state index in [0.29, 0.717) is 6.10 Å². The Labute approximate surface area is 195 Å². The zero-order chi connectivity index (χ0) is 22.0. The van der Waals surface area contributed by atoms with Gasteiger partial charge < -0.3 is 24.4 Å². The fraction of sp³-hybridized carbons (Fsp3) is 0.520. The Morgan fingerprint density at radius 1 is 1.06 bits per heavy atom. The molecular formula is C25H32N4O2S. The molecule has 2 aromatic rings. The average molecular weight is 453 g/mol. The number of benzene rings is 1. The number of carbonyl (C=O) groups is 1. The van der Waals surface area contributed by atoms with Crippen molar-refractivity contribution in [3.05, 3.63) is 54.4 Å². The second kappa shape index (κ2) is 9.24. The molecule has 4 heterocycles. The number of piperidine rings is 1. The van der Waals surface area contributed by atoms with E-state index in [2.05, 4.69) is 10.2 Å². The second-order valence-corrected chi connectivity index (χ2v) is 9.78. The zero-order valence-electron chi connectivity index (χ0n) is 18.5. The van der Waals surface area contributed by atoms with Crippen LogP contribution in [-0.2, 0) is 4.74 Å². The van der Waals surface area contributed by atoms with E-state index in [1.54, 1.807) is 0 Å². The van der Waals surface area contributed by atoms with Crippen LogP contribution in [0.15, 0.2) is 48.8 Å². The minimum Gasteiger partial charge on any atom is -0.376 e. The van der Waals surface area contributed by atoms with Gasteiger partial charge in [0.05, 0.1) is 17.4 Å². The first kappa shape index (κ1) is 21.5. The predicted molar refractivity (Wildman–Crippen MR) is 129 cm³/mol. The molecule has 1 aromatic heterocycles. The van der Waals surface area contributed by atoms with Crippen LogP contribution in [0.3, 0.4) is 0 Å². The predicted octanol–water partition coefficient (Wildman–Crippen LogP) is 3.46. The first-order valence-electron chi connectivity index (χ1n) is 11.8. The molecule has 1 atom stereocenters. The number of hydrogen-bond donors (Lipinski definition) is 1. The van der Waals surface area contributed by atoms with Crippen LogP contribution in [0.5, 0.6) is 0 Å². The third-order valence-electron chi connectivity index (χ3n) is 7.36. The first-order valence-corrected chi connectivity index (χ1v) is 12.2. The van der Waals surface area contributed by atoms with E-state index in [1.807, 2.05) is 58.3 Å². The van der Waals surface area contributed by atoms with Crippen LogP contribution >= 0.6 is 12.2 Å². The fourth-order valence-corrected chi connectivity index (χ4v) is 5.60. The molecule has 7 heteroatoms. The quantitative estimate of drug-likeness (QED) is 0.720. The Bertz CT molecular complexity index is 947. The van der Waals surface area contributed by atoms with Gasteiger partial charge in [-0.25, -0.2) is 0 Å². The molecule has 0 bridgehead atoms. The highest BCUT2D eigenvalue weighted by Crippen LogP contribution is 2.40. The average Bonchev–Trinajstić information content (AvgIpc) is 3.60. The smallest absolute Gasteiger partial charge is 0.255 e. The molecule has 0 aliphatic carbocycles. The molecule has 1 amide bonds. The summed E-state index contributed by atoms with van der Waals surface area (Å²) in [5.41, 5.74) is 1.98. The van der Waals surface area contributed by atoms with Crippen LogP contribution in [-0.4, -0.2) is 70.8 Å². The van der Waals surface area contributed by atoms with E-state index in [4.69, 9.17) is 17.0 Å². The second-order valence-electron chi connectivity index (χ2n) is 9.39. The van der Waals surface area contributed by atoms with Crippen molar-refractivity contribution in [2.75, 3.05) is 39.3 Å². The van der Waals surface area contributed by atoms with Gasteiger partial charge in [0, 0.05) is 51.7 Å². The number of aromatic nitrogens is 1. The van der Waals surface area contributed by atoms with Gasteiger partial charge in [0.15, 0.2) is 5.11 Å². The van der Waals surface area contributed by atoms with Crippen molar-refractivity contribution in [3.8, 4) is 5.69 Å². The molecular weight excluding hydrogens is 420 g/mol. The van der Waals surface area contributed by atoms with E-state index < -0.39 is 0 Å². The SMILES string of the molecule is O=C(c1ccccc1-n1cccc1)N1CCC2(CC1)CCN(C(=S)NCC1CCCO1)C2. The highest BCUT2D eigenvalue weighted by molar-refractivity contribution is 7.80. The summed E-state index contributed by atoms with van der Waals surface area (Å²) in [5.74, 6) is 0.132. The normalized spacial score (nSPS) is 22.4. The van der Waals surface area contributed by atoms with E-state index in [9.17, 15) is 4.79 Å². The lowest BCUT2D eigenvalue weighted by Gasteiger charge is -2.39. The molecule has 1 N–H and O–H groups in total. The molecule has 170 valence electrons. The zero-order valence-corrected chi connectivity index (χ0v) is 19.4. The van der Waals surface area contributed by atoms with Crippen LogP contribution in [0.25, 0.3) is 5.69 Å². The van der Waals surface area contributed by atoms with E-state index in [0.717, 1.165) is 87.8 Å². The summed E-state index contributed by atoms with van der Waals surface area (Å²) in [7, 11) is 0. The summed E-state index contributed by atoms with van der Waals surface area (Å²) in [6.45, 7) is 5.29. The summed E-state index contributed by atoms with van der Waals surface area (Å²) in [6, 6.07) is 11.9. The molecule has 0 saturated carbocycles. The Morgan fingerprint density at radius 2 is 1.78 bits per heavy atom. The highest BCUT2D eigenvalue weighted by Gasteiger charge is 2.42. The summed E-state index contributed by atoms with van der Waals surface area (Å²) >= 11 is 5.68. The summed E-state index contributed by atoms with van der Waals surface area (Å²) in [6.07, 6.45) is 9.77. The minimum atomic E-state index is 0.132. The van der Waals surface area contributed by atoms with E-state index in [1.165, 1.54) is 0 Å². The van der Waals surface area contributed by atoms with Gasteiger partial charge >= 0.3 is 0 Å². The van der Waals surface area contributed by atoms with Gasteiger partial charge in [-0.05, 0) is 74.0 Å².